The normalized spacial score (nSPS) is 10.9. The van der Waals surface area contributed by atoms with Gasteiger partial charge in [-0.25, -0.2) is 4.79 Å². The summed E-state index contributed by atoms with van der Waals surface area (Å²) in [6.07, 6.45) is 0.0741. The lowest BCUT2D eigenvalue weighted by atomic mass is 9.97. The van der Waals surface area contributed by atoms with Crippen molar-refractivity contribution >= 4 is 16.8 Å². The van der Waals surface area contributed by atoms with E-state index in [1.165, 1.54) is 27.4 Å². The summed E-state index contributed by atoms with van der Waals surface area (Å²) in [5.74, 6) is 0.938. The molecule has 6 nitrogen and oxygen atoms in total. The fraction of sp³-hybridized carbons (Fsp3) is 0.412. The lowest BCUT2D eigenvalue weighted by Gasteiger charge is -2.18. The van der Waals surface area contributed by atoms with Crippen molar-refractivity contribution in [1.82, 2.24) is 0 Å². The van der Waals surface area contributed by atoms with Crippen molar-refractivity contribution in [2.45, 2.75) is 20.3 Å². The number of Topliss-reactive ketones (excluding diaryl/α,β-unsaturated/α-hetero) is 1. The van der Waals surface area contributed by atoms with Crippen LogP contribution in [0.3, 0.4) is 0 Å². The molecule has 0 saturated carbocycles. The minimum atomic E-state index is -0.509. The molecule has 0 bridgehead atoms. The van der Waals surface area contributed by atoms with Crippen molar-refractivity contribution < 1.29 is 23.4 Å². The Balaban J connectivity index is 2.88. The second-order valence-electron chi connectivity index (χ2n) is 5.37. The van der Waals surface area contributed by atoms with Crippen molar-refractivity contribution in [3.05, 3.63) is 28.1 Å². The van der Waals surface area contributed by atoms with Crippen LogP contribution in [-0.4, -0.2) is 27.1 Å². The molecule has 0 spiro atoms. The molecule has 124 valence electrons. The van der Waals surface area contributed by atoms with Gasteiger partial charge in [0.2, 0.25) is 5.75 Å². The van der Waals surface area contributed by atoms with E-state index in [1.54, 1.807) is 6.07 Å². The maximum Gasteiger partial charge on any atom is 0.336 e. The van der Waals surface area contributed by atoms with Crippen molar-refractivity contribution in [2.75, 3.05) is 21.3 Å². The number of ether oxygens (including phenoxy) is 3. The molecule has 0 N–H and O–H groups in total. The van der Waals surface area contributed by atoms with Crippen LogP contribution >= 0.6 is 0 Å². The van der Waals surface area contributed by atoms with Gasteiger partial charge >= 0.3 is 5.63 Å². The monoisotopic (exact) mass is 320 g/mol. The van der Waals surface area contributed by atoms with Gasteiger partial charge in [-0.3, -0.25) is 4.79 Å². The second kappa shape index (κ2) is 6.73. The van der Waals surface area contributed by atoms with Gasteiger partial charge in [-0.1, -0.05) is 13.8 Å². The molecule has 23 heavy (non-hydrogen) atoms. The van der Waals surface area contributed by atoms with Gasteiger partial charge in [0.25, 0.3) is 0 Å². The molecule has 2 rings (SSSR count). The highest BCUT2D eigenvalue weighted by Crippen LogP contribution is 2.46. The summed E-state index contributed by atoms with van der Waals surface area (Å²) >= 11 is 0. The number of fused-ring (bicyclic) bond motifs is 1. The summed E-state index contributed by atoms with van der Waals surface area (Å²) in [4.78, 5) is 23.9. The van der Waals surface area contributed by atoms with E-state index < -0.39 is 5.63 Å². The average Bonchev–Trinajstić information content (AvgIpc) is 2.53. The molecule has 1 aromatic heterocycles. The van der Waals surface area contributed by atoms with E-state index in [0.717, 1.165) is 0 Å². The summed E-state index contributed by atoms with van der Waals surface area (Å²) in [6.45, 7) is 3.63. The Hall–Kier alpha value is -2.50. The number of benzene rings is 1. The fourth-order valence-electron chi connectivity index (χ4n) is 2.43. The van der Waals surface area contributed by atoms with Crippen LogP contribution in [0.2, 0.25) is 0 Å². The first kappa shape index (κ1) is 16.9. The van der Waals surface area contributed by atoms with Gasteiger partial charge in [-0.05, 0) is 6.07 Å². The molecule has 0 aliphatic carbocycles. The van der Waals surface area contributed by atoms with Gasteiger partial charge in [-0.15, -0.1) is 0 Å². The zero-order chi connectivity index (χ0) is 17.1. The minimum Gasteiger partial charge on any atom is -0.492 e. The summed E-state index contributed by atoms with van der Waals surface area (Å²) < 4.78 is 21.5. The van der Waals surface area contributed by atoms with Crippen LogP contribution < -0.4 is 19.8 Å². The van der Waals surface area contributed by atoms with Crippen LogP contribution in [0.25, 0.3) is 11.0 Å². The molecule has 0 fully saturated rings. The zero-order valence-electron chi connectivity index (χ0n) is 13.9. The molecule has 0 saturated heterocycles. The summed E-state index contributed by atoms with van der Waals surface area (Å²) in [5, 5.41) is 0.552. The Morgan fingerprint density at radius 2 is 1.65 bits per heavy atom. The van der Waals surface area contributed by atoms with E-state index in [0.29, 0.717) is 28.2 Å². The van der Waals surface area contributed by atoms with Crippen LogP contribution in [0.15, 0.2) is 21.3 Å². The third kappa shape index (κ3) is 3.02. The molecular formula is C17H20O6. The van der Waals surface area contributed by atoms with E-state index in [9.17, 15) is 9.59 Å². The maximum absolute atomic E-state index is 12.2. The van der Waals surface area contributed by atoms with Crippen molar-refractivity contribution in [1.29, 1.82) is 0 Å². The molecule has 2 aromatic rings. The van der Waals surface area contributed by atoms with Crippen LogP contribution in [-0.2, 0) is 11.2 Å². The highest BCUT2D eigenvalue weighted by molar-refractivity contribution is 5.96. The lowest BCUT2D eigenvalue weighted by molar-refractivity contribution is -0.121. The predicted octanol–water partition coefficient (Wildman–Crippen LogP) is 2.59. The van der Waals surface area contributed by atoms with Crippen LogP contribution in [0.5, 0.6) is 17.2 Å². The smallest absolute Gasteiger partial charge is 0.336 e. The van der Waals surface area contributed by atoms with Gasteiger partial charge < -0.3 is 18.6 Å². The maximum atomic E-state index is 12.2. The summed E-state index contributed by atoms with van der Waals surface area (Å²) in [6, 6.07) is 2.89. The molecule has 0 radical (unpaired) electrons. The summed E-state index contributed by atoms with van der Waals surface area (Å²) in [5.41, 5.74) is 0.252. The molecule has 0 unspecified atom stereocenters. The predicted molar refractivity (Wildman–Crippen MR) is 85.7 cm³/mol. The highest BCUT2D eigenvalue weighted by atomic mass is 16.5. The van der Waals surface area contributed by atoms with Gasteiger partial charge in [0.15, 0.2) is 11.5 Å². The standard InChI is InChI=1S/C17H20O6/c1-9(2)12(18)8-11-14-10(6-7-13(19)23-14)15(20-3)17(22-5)16(11)21-4/h6-7,9H,8H2,1-5H3. The Morgan fingerprint density at radius 1 is 1.04 bits per heavy atom. The van der Waals surface area contributed by atoms with Gasteiger partial charge in [-0.2, -0.15) is 0 Å². The number of hydrogen-bond acceptors (Lipinski definition) is 6. The minimum absolute atomic E-state index is 0.00308. The van der Waals surface area contributed by atoms with E-state index >= 15 is 0 Å². The quantitative estimate of drug-likeness (QED) is 0.762. The Bertz CT molecular complexity index is 788. The van der Waals surface area contributed by atoms with Crippen molar-refractivity contribution in [2.24, 2.45) is 5.92 Å². The van der Waals surface area contributed by atoms with E-state index in [1.807, 2.05) is 13.8 Å². The largest absolute Gasteiger partial charge is 0.492 e. The van der Waals surface area contributed by atoms with Crippen molar-refractivity contribution in [3.8, 4) is 17.2 Å². The Morgan fingerprint density at radius 3 is 2.17 bits per heavy atom. The van der Waals surface area contributed by atoms with E-state index in [-0.39, 0.29) is 23.7 Å². The number of hydrogen-bond donors (Lipinski definition) is 0. The third-order valence-corrected chi connectivity index (χ3v) is 3.65. The second-order valence-corrected chi connectivity index (χ2v) is 5.37. The van der Waals surface area contributed by atoms with Crippen LogP contribution in [0.4, 0.5) is 0 Å². The SMILES string of the molecule is COc1c(OC)c(CC(=O)C(C)C)c2oc(=O)ccc2c1OC. The number of methoxy groups -OCH3 is 3. The first-order valence-electron chi connectivity index (χ1n) is 7.21. The Labute approximate surface area is 134 Å². The molecule has 6 heteroatoms. The molecular weight excluding hydrogens is 300 g/mol. The molecule has 0 atom stereocenters. The van der Waals surface area contributed by atoms with Crippen LogP contribution in [0, 0.1) is 5.92 Å². The molecule has 0 aliphatic heterocycles. The average molecular weight is 320 g/mol. The number of rotatable bonds is 6. The van der Waals surface area contributed by atoms with Gasteiger partial charge in [0, 0.05) is 24.0 Å². The number of carbonyl (C=O) groups is 1. The third-order valence-electron chi connectivity index (χ3n) is 3.65. The fourth-order valence-corrected chi connectivity index (χ4v) is 2.43. The first-order chi connectivity index (χ1) is 10.9. The van der Waals surface area contributed by atoms with Crippen LogP contribution in [0.1, 0.15) is 19.4 Å². The van der Waals surface area contributed by atoms with E-state index in [2.05, 4.69) is 0 Å². The topological polar surface area (TPSA) is 75.0 Å². The van der Waals surface area contributed by atoms with Gasteiger partial charge in [0.05, 0.1) is 26.7 Å². The molecule has 0 amide bonds. The molecule has 1 aromatic carbocycles. The zero-order valence-corrected chi connectivity index (χ0v) is 13.9. The lowest BCUT2D eigenvalue weighted by Crippen LogP contribution is -2.13. The van der Waals surface area contributed by atoms with E-state index in [4.69, 9.17) is 18.6 Å². The molecule has 1 heterocycles. The summed E-state index contributed by atoms with van der Waals surface area (Å²) in [7, 11) is 4.44. The highest BCUT2D eigenvalue weighted by Gasteiger charge is 2.25. The molecule has 0 aliphatic rings. The van der Waals surface area contributed by atoms with Gasteiger partial charge in [0.1, 0.15) is 11.4 Å². The number of ketones is 1. The number of carbonyl (C=O) groups excluding carboxylic acids is 1. The first-order valence-corrected chi connectivity index (χ1v) is 7.21. The Kier molecular flexibility index (Phi) is 4.93. The van der Waals surface area contributed by atoms with Crippen molar-refractivity contribution in [3.63, 3.8) is 0 Å².